The highest BCUT2D eigenvalue weighted by molar-refractivity contribution is 5.99. The number of amidine groups is 1. The van der Waals surface area contributed by atoms with E-state index in [1.54, 1.807) is 68.5 Å². The maximum absolute atomic E-state index is 13.0. The first-order chi connectivity index (χ1) is 16.6. The van der Waals surface area contributed by atoms with Crippen molar-refractivity contribution in [2.45, 2.75) is 34.1 Å². The van der Waals surface area contributed by atoms with E-state index in [2.05, 4.69) is 13.8 Å². The quantitative estimate of drug-likeness (QED) is 0.165. The molecule has 0 aliphatic carbocycles. The van der Waals surface area contributed by atoms with Crippen molar-refractivity contribution in [1.82, 2.24) is 4.90 Å². The van der Waals surface area contributed by atoms with Crippen LogP contribution in [0.4, 0.5) is 0 Å². The van der Waals surface area contributed by atoms with Gasteiger partial charge in [-0.05, 0) is 74.2 Å². The SMILES string of the molecule is CCOC(=O)CN(CCC(C)C)C(=O)C(C)=Cc1ccc(C(=O)Oc2ccc(C(=N)N)cc2)cc1. The van der Waals surface area contributed by atoms with Crippen molar-refractivity contribution in [3.8, 4) is 5.75 Å². The number of nitrogens with zero attached hydrogens (tertiary/aromatic N) is 1. The van der Waals surface area contributed by atoms with Crippen LogP contribution in [0.3, 0.4) is 0 Å². The first-order valence-electron chi connectivity index (χ1n) is 11.5. The fraction of sp³-hybridized carbons (Fsp3) is 0.333. The zero-order chi connectivity index (χ0) is 26.0. The van der Waals surface area contributed by atoms with E-state index in [4.69, 9.17) is 20.6 Å². The van der Waals surface area contributed by atoms with Crippen molar-refractivity contribution >= 4 is 29.8 Å². The summed E-state index contributed by atoms with van der Waals surface area (Å²) in [6.07, 6.45) is 2.48. The summed E-state index contributed by atoms with van der Waals surface area (Å²) in [6.45, 7) is 8.17. The maximum Gasteiger partial charge on any atom is 0.343 e. The number of hydrogen-bond acceptors (Lipinski definition) is 6. The molecule has 0 saturated heterocycles. The van der Waals surface area contributed by atoms with Crippen molar-refractivity contribution in [2.24, 2.45) is 11.7 Å². The lowest BCUT2D eigenvalue weighted by atomic mass is 10.1. The highest BCUT2D eigenvalue weighted by atomic mass is 16.5. The van der Waals surface area contributed by atoms with Crippen LogP contribution in [0.15, 0.2) is 54.1 Å². The monoisotopic (exact) mass is 479 g/mol. The van der Waals surface area contributed by atoms with Crippen molar-refractivity contribution in [1.29, 1.82) is 5.41 Å². The molecule has 0 unspecified atom stereocenters. The fourth-order valence-electron chi connectivity index (χ4n) is 3.17. The van der Waals surface area contributed by atoms with Gasteiger partial charge in [0.25, 0.3) is 0 Å². The van der Waals surface area contributed by atoms with E-state index in [1.807, 2.05) is 0 Å². The molecule has 1 amide bonds. The zero-order valence-electron chi connectivity index (χ0n) is 20.7. The molecule has 2 aromatic carbocycles. The molecule has 0 aliphatic heterocycles. The molecule has 2 aromatic rings. The Morgan fingerprint density at radius 1 is 1.03 bits per heavy atom. The molecule has 0 aromatic heterocycles. The second-order valence-electron chi connectivity index (χ2n) is 8.49. The van der Waals surface area contributed by atoms with E-state index in [0.717, 1.165) is 12.0 Å². The Morgan fingerprint density at radius 3 is 2.17 bits per heavy atom. The van der Waals surface area contributed by atoms with Crippen molar-refractivity contribution in [3.05, 3.63) is 70.8 Å². The lowest BCUT2D eigenvalue weighted by Crippen LogP contribution is -2.38. The number of nitrogens with one attached hydrogen (secondary N) is 1. The highest BCUT2D eigenvalue weighted by Gasteiger charge is 2.19. The highest BCUT2D eigenvalue weighted by Crippen LogP contribution is 2.16. The molecule has 186 valence electrons. The van der Waals surface area contributed by atoms with Gasteiger partial charge in [0.2, 0.25) is 5.91 Å². The lowest BCUT2D eigenvalue weighted by molar-refractivity contribution is -0.148. The summed E-state index contributed by atoms with van der Waals surface area (Å²) < 4.78 is 10.4. The van der Waals surface area contributed by atoms with E-state index in [-0.39, 0.29) is 24.9 Å². The lowest BCUT2D eigenvalue weighted by Gasteiger charge is -2.23. The average molecular weight is 480 g/mol. The number of carbonyl (C=O) groups is 3. The largest absolute Gasteiger partial charge is 0.465 e. The summed E-state index contributed by atoms with van der Waals surface area (Å²) in [5.41, 5.74) is 7.52. The Morgan fingerprint density at radius 2 is 1.63 bits per heavy atom. The van der Waals surface area contributed by atoms with Crippen LogP contribution >= 0.6 is 0 Å². The van der Waals surface area contributed by atoms with Gasteiger partial charge in [-0.2, -0.15) is 0 Å². The van der Waals surface area contributed by atoms with Crippen molar-refractivity contribution in [3.63, 3.8) is 0 Å². The average Bonchev–Trinajstić information content (AvgIpc) is 2.82. The number of ether oxygens (including phenoxy) is 2. The molecule has 0 atom stereocenters. The predicted octanol–water partition coefficient (Wildman–Crippen LogP) is 4.03. The summed E-state index contributed by atoms with van der Waals surface area (Å²) in [5, 5.41) is 7.41. The maximum atomic E-state index is 13.0. The van der Waals surface area contributed by atoms with Crippen LogP contribution in [0.2, 0.25) is 0 Å². The summed E-state index contributed by atoms with van der Waals surface area (Å²) in [4.78, 5) is 38.9. The Labute approximate surface area is 206 Å². The van der Waals surface area contributed by atoms with Crippen LogP contribution in [0.1, 0.15) is 55.6 Å². The van der Waals surface area contributed by atoms with Crippen LogP contribution < -0.4 is 10.5 Å². The predicted molar refractivity (Wildman–Crippen MR) is 135 cm³/mol. The molecule has 3 N–H and O–H groups in total. The standard InChI is InChI=1S/C27H33N3O5/c1-5-34-24(31)17-30(15-14-18(2)3)26(32)19(4)16-20-6-8-22(9-7-20)27(33)35-23-12-10-21(11-13-23)25(28)29/h6-13,16,18H,5,14-15,17H2,1-4H3,(H3,28,29). The smallest absolute Gasteiger partial charge is 0.343 e. The van der Waals surface area contributed by atoms with Gasteiger partial charge in [-0.1, -0.05) is 26.0 Å². The molecule has 0 fully saturated rings. The Kier molecular flexibility index (Phi) is 10.2. The third-order valence-corrected chi connectivity index (χ3v) is 5.13. The number of amides is 1. The number of nitrogen functional groups attached to an aromatic ring is 1. The van der Waals surface area contributed by atoms with Gasteiger partial charge in [0.1, 0.15) is 18.1 Å². The molecule has 0 bridgehead atoms. The number of benzene rings is 2. The summed E-state index contributed by atoms with van der Waals surface area (Å²) in [6, 6.07) is 13.0. The van der Waals surface area contributed by atoms with Gasteiger partial charge < -0.3 is 20.1 Å². The molecule has 0 aliphatic rings. The van der Waals surface area contributed by atoms with Crippen LogP contribution in [0, 0.1) is 11.3 Å². The minimum absolute atomic E-state index is 0.0655. The van der Waals surface area contributed by atoms with Gasteiger partial charge in [0.05, 0.1) is 12.2 Å². The molecule has 0 heterocycles. The summed E-state index contributed by atoms with van der Waals surface area (Å²) in [5.74, 6) is -0.542. The molecule has 2 rings (SSSR count). The van der Waals surface area contributed by atoms with Crippen molar-refractivity contribution in [2.75, 3.05) is 19.7 Å². The Bertz CT molecular complexity index is 1070. The normalized spacial score (nSPS) is 11.2. The Balaban J connectivity index is 2.08. The van der Waals surface area contributed by atoms with Crippen molar-refractivity contribution < 1.29 is 23.9 Å². The van der Waals surface area contributed by atoms with Crippen LogP contribution in [-0.4, -0.2) is 48.3 Å². The molecule has 0 spiro atoms. The van der Waals surface area contributed by atoms with Gasteiger partial charge in [0.15, 0.2) is 0 Å². The number of esters is 2. The van der Waals surface area contributed by atoms with Crippen LogP contribution in [0.5, 0.6) is 5.75 Å². The minimum atomic E-state index is -0.529. The minimum Gasteiger partial charge on any atom is -0.465 e. The zero-order valence-corrected chi connectivity index (χ0v) is 20.7. The number of rotatable bonds is 11. The summed E-state index contributed by atoms with van der Waals surface area (Å²) in [7, 11) is 0. The fourth-order valence-corrected chi connectivity index (χ4v) is 3.17. The van der Waals surface area contributed by atoms with E-state index in [0.29, 0.717) is 34.9 Å². The van der Waals surface area contributed by atoms with E-state index >= 15 is 0 Å². The number of hydrogen-bond donors (Lipinski definition) is 2. The third kappa shape index (κ3) is 8.73. The first kappa shape index (κ1) is 27.3. The molecule has 35 heavy (non-hydrogen) atoms. The van der Waals surface area contributed by atoms with Gasteiger partial charge >= 0.3 is 11.9 Å². The van der Waals surface area contributed by atoms with Gasteiger partial charge in [-0.15, -0.1) is 0 Å². The van der Waals surface area contributed by atoms with E-state index in [1.165, 1.54) is 4.90 Å². The molecule has 8 nitrogen and oxygen atoms in total. The Hall–Kier alpha value is -3.94. The topological polar surface area (TPSA) is 123 Å². The number of carbonyl (C=O) groups excluding carboxylic acids is 3. The molecular weight excluding hydrogens is 446 g/mol. The van der Waals surface area contributed by atoms with E-state index < -0.39 is 11.9 Å². The van der Waals surface area contributed by atoms with Crippen LogP contribution in [0.25, 0.3) is 6.08 Å². The molecule has 0 saturated carbocycles. The third-order valence-electron chi connectivity index (χ3n) is 5.13. The van der Waals surface area contributed by atoms with Gasteiger partial charge in [-0.3, -0.25) is 15.0 Å². The van der Waals surface area contributed by atoms with E-state index in [9.17, 15) is 14.4 Å². The first-order valence-corrected chi connectivity index (χ1v) is 11.5. The molecular formula is C27H33N3O5. The van der Waals surface area contributed by atoms with Gasteiger partial charge in [0, 0.05) is 17.7 Å². The second kappa shape index (κ2) is 13.1. The second-order valence-corrected chi connectivity index (χ2v) is 8.49. The molecule has 0 radical (unpaired) electrons. The molecule has 8 heteroatoms. The van der Waals surface area contributed by atoms with Gasteiger partial charge in [-0.25, -0.2) is 4.79 Å². The summed E-state index contributed by atoms with van der Waals surface area (Å²) >= 11 is 0. The van der Waals surface area contributed by atoms with Crippen LogP contribution in [-0.2, 0) is 14.3 Å². The number of nitrogens with two attached hydrogens (primary N) is 1.